The van der Waals surface area contributed by atoms with Crippen LogP contribution in [0.1, 0.15) is 10.4 Å². The lowest BCUT2D eigenvalue weighted by molar-refractivity contribution is 0.0698. The Morgan fingerprint density at radius 2 is 2.05 bits per heavy atom. The quantitative estimate of drug-likeness (QED) is 0.808. The highest BCUT2D eigenvalue weighted by atomic mass is 35.5. The van der Waals surface area contributed by atoms with Crippen LogP contribution in [0, 0.1) is 0 Å². The lowest BCUT2D eigenvalue weighted by Crippen LogP contribution is -2.05. The number of pyridine rings is 1. The highest BCUT2D eigenvalue weighted by Gasteiger charge is 2.10. The first kappa shape index (κ1) is 13.5. The molecule has 1 heterocycles. The van der Waals surface area contributed by atoms with Crippen molar-refractivity contribution in [1.29, 1.82) is 0 Å². The van der Waals surface area contributed by atoms with Crippen molar-refractivity contribution >= 4 is 46.4 Å². The molecule has 0 saturated carbocycles. The summed E-state index contributed by atoms with van der Waals surface area (Å²) in [5.74, 6) is -0.809. The van der Waals surface area contributed by atoms with Crippen LogP contribution in [0.4, 0.5) is 17.2 Å². The van der Waals surface area contributed by atoms with Crippen LogP contribution in [0.15, 0.2) is 30.5 Å². The van der Waals surface area contributed by atoms with Gasteiger partial charge in [-0.3, -0.25) is 0 Å². The first-order valence-electron chi connectivity index (χ1n) is 5.18. The van der Waals surface area contributed by atoms with Crippen LogP contribution in [-0.4, -0.2) is 16.1 Å². The van der Waals surface area contributed by atoms with Crippen molar-refractivity contribution in [2.24, 2.45) is 0 Å². The van der Waals surface area contributed by atoms with Gasteiger partial charge in [-0.05, 0) is 24.3 Å². The van der Waals surface area contributed by atoms with E-state index in [0.717, 1.165) is 0 Å². The average molecular weight is 298 g/mol. The summed E-state index contributed by atoms with van der Waals surface area (Å²) in [6, 6.07) is 6.22. The van der Waals surface area contributed by atoms with Gasteiger partial charge in [0.1, 0.15) is 5.82 Å². The van der Waals surface area contributed by atoms with Crippen LogP contribution in [0.25, 0.3) is 0 Å². The molecule has 1 aromatic carbocycles. The fraction of sp³-hybridized carbons (Fsp3) is 0. The van der Waals surface area contributed by atoms with Gasteiger partial charge in [0.2, 0.25) is 0 Å². The molecule has 0 bridgehead atoms. The molecular formula is C12H9Cl2N3O2. The predicted molar refractivity (Wildman–Crippen MR) is 75.4 cm³/mol. The Balaban J connectivity index is 2.36. The van der Waals surface area contributed by atoms with Gasteiger partial charge in [0, 0.05) is 5.02 Å². The average Bonchev–Trinajstić information content (AvgIpc) is 2.36. The molecule has 0 aliphatic rings. The van der Waals surface area contributed by atoms with Gasteiger partial charge < -0.3 is 16.2 Å². The first-order valence-corrected chi connectivity index (χ1v) is 5.94. The highest BCUT2D eigenvalue weighted by molar-refractivity contribution is 6.35. The molecule has 0 radical (unpaired) electrons. The van der Waals surface area contributed by atoms with Crippen molar-refractivity contribution < 1.29 is 9.90 Å². The number of anilines is 3. The number of carbonyl (C=O) groups is 1. The summed E-state index contributed by atoms with van der Waals surface area (Å²) in [6.45, 7) is 0. The number of rotatable bonds is 3. The smallest absolute Gasteiger partial charge is 0.337 e. The molecular weight excluding hydrogens is 289 g/mol. The second-order valence-corrected chi connectivity index (χ2v) is 4.55. The lowest BCUT2D eigenvalue weighted by atomic mass is 10.2. The van der Waals surface area contributed by atoms with E-state index in [1.165, 1.54) is 12.3 Å². The molecule has 0 amide bonds. The zero-order chi connectivity index (χ0) is 14.0. The SMILES string of the molecule is Nc1cnc(Nc2cc(Cl)ccc2Cl)cc1C(=O)O. The number of carboxylic acid groups (broad SMARTS) is 1. The number of hydrogen-bond donors (Lipinski definition) is 3. The zero-order valence-electron chi connectivity index (χ0n) is 9.52. The lowest BCUT2D eigenvalue weighted by Gasteiger charge is -2.09. The van der Waals surface area contributed by atoms with Gasteiger partial charge in [-0.15, -0.1) is 0 Å². The van der Waals surface area contributed by atoms with Crippen molar-refractivity contribution in [2.45, 2.75) is 0 Å². The minimum atomic E-state index is -1.12. The number of halogens is 2. The van der Waals surface area contributed by atoms with E-state index in [4.69, 9.17) is 34.0 Å². The van der Waals surface area contributed by atoms with Gasteiger partial charge in [-0.25, -0.2) is 9.78 Å². The van der Waals surface area contributed by atoms with Gasteiger partial charge in [-0.1, -0.05) is 23.2 Å². The summed E-state index contributed by atoms with van der Waals surface area (Å²) in [5, 5.41) is 12.8. The van der Waals surface area contributed by atoms with Crippen molar-refractivity contribution in [2.75, 3.05) is 11.1 Å². The number of nitrogen functional groups attached to an aromatic ring is 1. The highest BCUT2D eigenvalue weighted by Crippen LogP contribution is 2.28. The Hall–Kier alpha value is -1.98. The van der Waals surface area contributed by atoms with E-state index in [2.05, 4.69) is 10.3 Å². The molecule has 0 atom stereocenters. The maximum absolute atomic E-state index is 11.0. The Morgan fingerprint density at radius 1 is 1.32 bits per heavy atom. The van der Waals surface area contributed by atoms with E-state index in [1.54, 1.807) is 18.2 Å². The van der Waals surface area contributed by atoms with Crippen molar-refractivity contribution in [3.8, 4) is 0 Å². The molecule has 7 heteroatoms. The van der Waals surface area contributed by atoms with Gasteiger partial charge in [0.25, 0.3) is 0 Å². The molecule has 0 unspecified atom stereocenters. The fourth-order valence-electron chi connectivity index (χ4n) is 1.45. The van der Waals surface area contributed by atoms with Crippen LogP contribution in [-0.2, 0) is 0 Å². The van der Waals surface area contributed by atoms with Gasteiger partial charge >= 0.3 is 5.97 Å². The third-order valence-corrected chi connectivity index (χ3v) is 2.92. The normalized spacial score (nSPS) is 10.2. The second kappa shape index (κ2) is 5.34. The molecule has 0 saturated heterocycles. The van der Waals surface area contributed by atoms with E-state index in [-0.39, 0.29) is 11.3 Å². The monoisotopic (exact) mass is 297 g/mol. The van der Waals surface area contributed by atoms with Crippen LogP contribution in [0.3, 0.4) is 0 Å². The van der Waals surface area contributed by atoms with Gasteiger partial charge in [0.05, 0.1) is 28.2 Å². The summed E-state index contributed by atoms with van der Waals surface area (Å²) in [5.41, 5.74) is 6.11. The fourth-order valence-corrected chi connectivity index (χ4v) is 1.79. The number of aromatic carboxylic acids is 1. The third-order valence-electron chi connectivity index (χ3n) is 2.36. The number of nitrogens with zero attached hydrogens (tertiary/aromatic N) is 1. The van der Waals surface area contributed by atoms with E-state index in [1.807, 2.05) is 0 Å². The summed E-state index contributed by atoms with van der Waals surface area (Å²) >= 11 is 11.8. The predicted octanol–water partition coefficient (Wildman–Crippen LogP) is 3.41. The van der Waals surface area contributed by atoms with E-state index >= 15 is 0 Å². The molecule has 0 fully saturated rings. The van der Waals surface area contributed by atoms with Crippen molar-refractivity contribution in [3.63, 3.8) is 0 Å². The Bertz CT molecular complexity index is 647. The van der Waals surface area contributed by atoms with Crippen LogP contribution in [0.2, 0.25) is 10.0 Å². The van der Waals surface area contributed by atoms with Crippen LogP contribution < -0.4 is 11.1 Å². The number of benzene rings is 1. The van der Waals surface area contributed by atoms with Crippen LogP contribution in [0.5, 0.6) is 0 Å². The molecule has 19 heavy (non-hydrogen) atoms. The number of nitrogens with two attached hydrogens (primary N) is 1. The number of nitrogens with one attached hydrogen (secondary N) is 1. The molecule has 98 valence electrons. The first-order chi connectivity index (χ1) is 8.97. The van der Waals surface area contributed by atoms with Gasteiger partial charge in [0.15, 0.2) is 0 Å². The molecule has 0 aliphatic carbocycles. The summed E-state index contributed by atoms with van der Waals surface area (Å²) < 4.78 is 0. The Kier molecular flexibility index (Phi) is 3.78. The van der Waals surface area contributed by atoms with E-state index < -0.39 is 5.97 Å². The molecule has 2 rings (SSSR count). The standard InChI is InChI=1S/C12H9Cl2N3O2/c13-6-1-2-8(14)10(3-6)17-11-4-7(12(18)19)9(15)5-16-11/h1-5H,15H2,(H,16,17)(H,18,19). The number of aromatic nitrogens is 1. The maximum Gasteiger partial charge on any atom is 0.337 e. The molecule has 0 spiro atoms. The zero-order valence-corrected chi connectivity index (χ0v) is 11.0. The van der Waals surface area contributed by atoms with E-state index in [0.29, 0.717) is 21.6 Å². The Morgan fingerprint density at radius 3 is 2.74 bits per heavy atom. The molecule has 0 aliphatic heterocycles. The third kappa shape index (κ3) is 3.07. The second-order valence-electron chi connectivity index (χ2n) is 3.71. The van der Waals surface area contributed by atoms with Crippen molar-refractivity contribution in [1.82, 2.24) is 4.98 Å². The minimum absolute atomic E-state index is 0.0318. The summed E-state index contributed by atoms with van der Waals surface area (Å²) in [7, 11) is 0. The topological polar surface area (TPSA) is 88.2 Å². The molecule has 5 nitrogen and oxygen atoms in total. The number of hydrogen-bond acceptors (Lipinski definition) is 4. The molecule has 2 aromatic rings. The molecule has 1 aromatic heterocycles. The minimum Gasteiger partial charge on any atom is -0.478 e. The largest absolute Gasteiger partial charge is 0.478 e. The summed E-state index contributed by atoms with van der Waals surface area (Å²) in [6.07, 6.45) is 1.27. The van der Waals surface area contributed by atoms with E-state index in [9.17, 15) is 4.79 Å². The number of carboxylic acids is 1. The van der Waals surface area contributed by atoms with Gasteiger partial charge in [-0.2, -0.15) is 0 Å². The van der Waals surface area contributed by atoms with Crippen molar-refractivity contribution in [3.05, 3.63) is 46.1 Å². The van der Waals surface area contributed by atoms with Crippen LogP contribution >= 0.6 is 23.2 Å². The summed E-state index contributed by atoms with van der Waals surface area (Å²) in [4.78, 5) is 15.0. The molecule has 4 N–H and O–H groups in total. The Labute approximate surface area is 119 Å². The maximum atomic E-state index is 11.0.